The molecule has 0 fully saturated rings. The Hall–Kier alpha value is -5.88. The Morgan fingerprint density at radius 1 is 0.426 bits per heavy atom. The van der Waals surface area contributed by atoms with Crippen molar-refractivity contribution in [3.8, 4) is 79.3 Å². The standard InChI is InChI=1S/C48H50N4O2/c1-3-5-7-21-31-53-41-33-40(48-51-45(37-27-17-11-18-28-37)46(52-48)38-29-19-12-20-30-38)42(54-32-22-8-6-4-2)34-39(41)47-49-43(35-23-13-9-14-24-35)44(50-47)36-25-15-10-16-26-36/h9-20,23-30,33-34H,3-8,21-22,31-32H2,1-2H3,(H,49,50)(H,51,52). The molecule has 0 bridgehead atoms. The molecule has 7 rings (SSSR count). The summed E-state index contributed by atoms with van der Waals surface area (Å²) in [6, 6.07) is 45.7. The van der Waals surface area contributed by atoms with E-state index in [4.69, 9.17) is 19.4 Å². The van der Waals surface area contributed by atoms with Gasteiger partial charge in [0, 0.05) is 22.3 Å². The Bertz CT molecular complexity index is 1920. The molecule has 0 aliphatic heterocycles. The highest BCUT2D eigenvalue weighted by Crippen LogP contribution is 2.43. The zero-order chi connectivity index (χ0) is 37.0. The monoisotopic (exact) mass is 714 g/mol. The second kappa shape index (κ2) is 18.2. The lowest BCUT2D eigenvalue weighted by Crippen LogP contribution is -2.04. The molecule has 54 heavy (non-hydrogen) atoms. The van der Waals surface area contributed by atoms with Gasteiger partial charge in [-0.2, -0.15) is 0 Å². The van der Waals surface area contributed by atoms with E-state index in [1.54, 1.807) is 0 Å². The van der Waals surface area contributed by atoms with E-state index in [-0.39, 0.29) is 0 Å². The van der Waals surface area contributed by atoms with Crippen molar-refractivity contribution in [1.82, 2.24) is 19.9 Å². The SMILES string of the molecule is CCCCCCOc1cc(-c2nc(-c3ccccc3)c(-c3ccccc3)[nH]2)c(OCCCCCC)cc1-c1nc(-c2ccccc2)c(-c2ccccc2)[nH]1. The van der Waals surface area contributed by atoms with Gasteiger partial charge in [0.1, 0.15) is 23.1 Å². The summed E-state index contributed by atoms with van der Waals surface area (Å²) in [6.07, 6.45) is 8.88. The maximum Gasteiger partial charge on any atom is 0.142 e. The van der Waals surface area contributed by atoms with Crippen LogP contribution in [-0.2, 0) is 0 Å². The lowest BCUT2D eigenvalue weighted by Gasteiger charge is -2.16. The summed E-state index contributed by atoms with van der Waals surface area (Å²) in [7, 11) is 0. The predicted molar refractivity (Wildman–Crippen MR) is 223 cm³/mol. The van der Waals surface area contributed by atoms with E-state index >= 15 is 0 Å². The fourth-order valence-electron chi connectivity index (χ4n) is 6.83. The Morgan fingerprint density at radius 3 is 1.13 bits per heavy atom. The first-order valence-electron chi connectivity index (χ1n) is 19.6. The lowest BCUT2D eigenvalue weighted by molar-refractivity contribution is 0.298. The van der Waals surface area contributed by atoms with Crippen LogP contribution in [0, 0.1) is 0 Å². The fourth-order valence-corrected chi connectivity index (χ4v) is 6.83. The third kappa shape index (κ3) is 8.66. The molecule has 6 nitrogen and oxygen atoms in total. The molecule has 274 valence electrons. The Labute approximate surface area is 319 Å². The topological polar surface area (TPSA) is 75.8 Å². The number of aromatic amines is 2. The Morgan fingerprint density at radius 2 is 0.778 bits per heavy atom. The van der Waals surface area contributed by atoms with Crippen LogP contribution in [0.5, 0.6) is 11.5 Å². The van der Waals surface area contributed by atoms with Crippen LogP contribution in [0.3, 0.4) is 0 Å². The molecular formula is C48H50N4O2. The van der Waals surface area contributed by atoms with E-state index in [9.17, 15) is 0 Å². The van der Waals surface area contributed by atoms with Gasteiger partial charge in [0.05, 0.1) is 47.1 Å². The minimum absolute atomic E-state index is 0.601. The number of H-pyrrole nitrogens is 2. The van der Waals surface area contributed by atoms with Crippen LogP contribution in [0.4, 0.5) is 0 Å². The van der Waals surface area contributed by atoms with E-state index < -0.39 is 0 Å². The number of nitrogens with zero attached hydrogens (tertiary/aromatic N) is 2. The maximum absolute atomic E-state index is 6.72. The highest BCUT2D eigenvalue weighted by Gasteiger charge is 2.24. The molecule has 0 saturated heterocycles. The van der Waals surface area contributed by atoms with Gasteiger partial charge in [0.2, 0.25) is 0 Å². The van der Waals surface area contributed by atoms with E-state index in [1.807, 2.05) is 24.3 Å². The summed E-state index contributed by atoms with van der Waals surface area (Å²) in [5.74, 6) is 2.94. The Balaban J connectivity index is 1.39. The summed E-state index contributed by atoms with van der Waals surface area (Å²) >= 11 is 0. The second-order valence-corrected chi connectivity index (χ2v) is 13.7. The summed E-state index contributed by atoms with van der Waals surface area (Å²) < 4.78 is 13.4. The molecule has 0 saturated carbocycles. The lowest BCUT2D eigenvalue weighted by atomic mass is 10.1. The largest absolute Gasteiger partial charge is 0.493 e. The molecule has 5 aromatic carbocycles. The fraction of sp³-hybridized carbons (Fsp3) is 0.250. The zero-order valence-corrected chi connectivity index (χ0v) is 31.5. The minimum Gasteiger partial charge on any atom is -0.493 e. The Kier molecular flexibility index (Phi) is 12.3. The second-order valence-electron chi connectivity index (χ2n) is 13.7. The van der Waals surface area contributed by atoms with Gasteiger partial charge in [0.25, 0.3) is 0 Å². The van der Waals surface area contributed by atoms with Gasteiger partial charge in [-0.3, -0.25) is 0 Å². The third-order valence-electron chi connectivity index (χ3n) is 9.73. The van der Waals surface area contributed by atoms with Gasteiger partial charge < -0.3 is 19.4 Å². The molecule has 0 spiro atoms. The first-order chi connectivity index (χ1) is 26.7. The molecule has 0 amide bonds. The van der Waals surface area contributed by atoms with Crippen molar-refractivity contribution in [2.75, 3.05) is 13.2 Å². The number of unbranched alkanes of at least 4 members (excludes halogenated alkanes) is 6. The van der Waals surface area contributed by atoms with Crippen molar-refractivity contribution in [2.24, 2.45) is 0 Å². The number of rotatable bonds is 18. The van der Waals surface area contributed by atoms with Gasteiger partial charge in [-0.15, -0.1) is 0 Å². The van der Waals surface area contributed by atoms with Crippen LogP contribution >= 0.6 is 0 Å². The first kappa shape index (κ1) is 36.5. The number of nitrogens with one attached hydrogen (secondary N) is 2. The molecule has 6 heteroatoms. The molecule has 2 heterocycles. The average molecular weight is 715 g/mol. The quantitative estimate of drug-likeness (QED) is 0.0868. The van der Waals surface area contributed by atoms with Gasteiger partial charge >= 0.3 is 0 Å². The molecule has 0 unspecified atom stereocenters. The molecule has 0 radical (unpaired) electrons. The minimum atomic E-state index is 0.601. The molecule has 0 atom stereocenters. The van der Waals surface area contributed by atoms with Gasteiger partial charge in [-0.25, -0.2) is 9.97 Å². The molecule has 0 aliphatic rings. The molecular weight excluding hydrogens is 665 g/mol. The van der Waals surface area contributed by atoms with Crippen molar-refractivity contribution < 1.29 is 9.47 Å². The highest BCUT2D eigenvalue weighted by molar-refractivity contribution is 5.86. The smallest absolute Gasteiger partial charge is 0.142 e. The van der Waals surface area contributed by atoms with Crippen molar-refractivity contribution >= 4 is 0 Å². The normalized spacial score (nSPS) is 11.1. The van der Waals surface area contributed by atoms with Gasteiger partial charge in [-0.1, -0.05) is 174 Å². The van der Waals surface area contributed by atoms with E-state index in [2.05, 4.69) is 133 Å². The van der Waals surface area contributed by atoms with Gasteiger partial charge in [-0.05, 0) is 25.0 Å². The zero-order valence-electron chi connectivity index (χ0n) is 31.5. The number of imidazole rings is 2. The van der Waals surface area contributed by atoms with Crippen molar-refractivity contribution in [2.45, 2.75) is 65.2 Å². The first-order valence-corrected chi connectivity index (χ1v) is 19.6. The van der Waals surface area contributed by atoms with Crippen LogP contribution in [0.1, 0.15) is 65.2 Å². The summed E-state index contributed by atoms with van der Waals surface area (Å²) in [5, 5.41) is 0. The van der Waals surface area contributed by atoms with Crippen LogP contribution in [-0.4, -0.2) is 33.1 Å². The molecule has 0 aliphatic carbocycles. The molecule has 7 aromatic rings. The van der Waals surface area contributed by atoms with Crippen LogP contribution in [0.2, 0.25) is 0 Å². The predicted octanol–water partition coefficient (Wildman–Crippen LogP) is 13.1. The average Bonchev–Trinajstić information content (AvgIpc) is 3.88. The van der Waals surface area contributed by atoms with Crippen LogP contribution in [0.15, 0.2) is 133 Å². The van der Waals surface area contributed by atoms with Crippen LogP contribution in [0.25, 0.3) is 67.8 Å². The van der Waals surface area contributed by atoms with Gasteiger partial charge in [0.15, 0.2) is 0 Å². The number of ether oxygens (including phenoxy) is 2. The highest BCUT2D eigenvalue weighted by atomic mass is 16.5. The third-order valence-corrected chi connectivity index (χ3v) is 9.73. The maximum atomic E-state index is 6.72. The van der Waals surface area contributed by atoms with E-state index in [0.29, 0.717) is 13.2 Å². The van der Waals surface area contributed by atoms with Crippen molar-refractivity contribution in [1.29, 1.82) is 0 Å². The van der Waals surface area contributed by atoms with E-state index in [1.165, 1.54) is 25.7 Å². The number of hydrogen-bond acceptors (Lipinski definition) is 4. The van der Waals surface area contributed by atoms with Crippen molar-refractivity contribution in [3.63, 3.8) is 0 Å². The van der Waals surface area contributed by atoms with E-state index in [0.717, 1.165) is 105 Å². The van der Waals surface area contributed by atoms with Crippen LogP contribution < -0.4 is 9.47 Å². The summed E-state index contributed by atoms with van der Waals surface area (Å²) in [4.78, 5) is 18.0. The molecule has 2 aromatic heterocycles. The summed E-state index contributed by atoms with van der Waals surface area (Å²) in [6.45, 7) is 5.66. The number of aromatic nitrogens is 4. The molecule has 2 N–H and O–H groups in total. The number of benzene rings is 5. The van der Waals surface area contributed by atoms with Crippen molar-refractivity contribution in [3.05, 3.63) is 133 Å². The number of hydrogen-bond donors (Lipinski definition) is 2. The summed E-state index contributed by atoms with van der Waals surface area (Å²) in [5.41, 5.74) is 9.64.